The fourth-order valence-electron chi connectivity index (χ4n) is 1.27. The van der Waals surface area contributed by atoms with E-state index < -0.39 is 48.1 Å². The Morgan fingerprint density at radius 1 is 1.30 bits per heavy atom. The van der Waals surface area contributed by atoms with Crippen molar-refractivity contribution in [2.75, 3.05) is 25.1 Å². The Balaban J connectivity index is 2.96. The Labute approximate surface area is 121 Å². The SMILES string of the molecule is CNS(=O)(=O)CCNS(=O)(=O)c1cc(N)cc(Cl)c1F. The number of benzene rings is 1. The quantitative estimate of drug-likeness (QED) is 0.621. The Kier molecular flexibility index (Phi) is 5.33. The van der Waals surface area contributed by atoms with Crippen LogP contribution in [0.2, 0.25) is 5.02 Å². The largest absolute Gasteiger partial charge is 0.399 e. The standard InChI is InChI=1S/C9H13ClFN3O4S2/c1-13-19(15,16)3-2-14-20(17,18)8-5-6(12)4-7(10)9(8)11/h4-5,13-14H,2-3,12H2,1H3. The molecule has 20 heavy (non-hydrogen) atoms. The van der Waals surface area contributed by atoms with Crippen LogP contribution in [-0.2, 0) is 20.0 Å². The highest BCUT2D eigenvalue weighted by Gasteiger charge is 2.22. The lowest BCUT2D eigenvalue weighted by Crippen LogP contribution is -2.33. The number of hydrogen-bond acceptors (Lipinski definition) is 5. The molecule has 0 heterocycles. The molecule has 1 rings (SSSR count). The second-order valence-electron chi connectivity index (χ2n) is 3.74. The molecular formula is C9H13ClFN3O4S2. The number of rotatable bonds is 6. The molecule has 0 aliphatic carbocycles. The normalized spacial score (nSPS) is 12.6. The van der Waals surface area contributed by atoms with Crippen molar-refractivity contribution in [3.05, 3.63) is 23.0 Å². The highest BCUT2D eigenvalue weighted by molar-refractivity contribution is 7.90. The van der Waals surface area contributed by atoms with Crippen LogP contribution in [-0.4, -0.2) is 36.2 Å². The molecule has 0 aliphatic rings. The van der Waals surface area contributed by atoms with Crippen LogP contribution in [0.25, 0.3) is 0 Å². The predicted octanol–water partition coefficient (Wildman–Crippen LogP) is -0.111. The molecule has 1 aromatic carbocycles. The zero-order valence-electron chi connectivity index (χ0n) is 10.4. The number of hydrogen-bond donors (Lipinski definition) is 3. The van der Waals surface area contributed by atoms with Gasteiger partial charge in [0.25, 0.3) is 0 Å². The molecule has 0 unspecified atom stereocenters. The van der Waals surface area contributed by atoms with Gasteiger partial charge in [-0.1, -0.05) is 11.6 Å². The number of nitrogen functional groups attached to an aromatic ring is 1. The van der Waals surface area contributed by atoms with E-state index in [-0.39, 0.29) is 5.69 Å². The van der Waals surface area contributed by atoms with E-state index in [1.54, 1.807) is 0 Å². The van der Waals surface area contributed by atoms with Gasteiger partial charge in [-0.3, -0.25) is 0 Å². The van der Waals surface area contributed by atoms with E-state index in [4.69, 9.17) is 17.3 Å². The smallest absolute Gasteiger partial charge is 0.243 e. The molecule has 0 saturated carbocycles. The Hall–Kier alpha value is -0.940. The van der Waals surface area contributed by atoms with Crippen LogP contribution in [0, 0.1) is 5.82 Å². The van der Waals surface area contributed by atoms with Gasteiger partial charge >= 0.3 is 0 Å². The maximum Gasteiger partial charge on any atom is 0.243 e. The van der Waals surface area contributed by atoms with Gasteiger partial charge < -0.3 is 5.73 Å². The molecule has 7 nitrogen and oxygen atoms in total. The number of nitrogens with one attached hydrogen (secondary N) is 2. The van der Waals surface area contributed by atoms with Crippen molar-refractivity contribution in [1.29, 1.82) is 0 Å². The molecular weight excluding hydrogens is 333 g/mol. The summed E-state index contributed by atoms with van der Waals surface area (Å²) in [5.74, 6) is -1.63. The maximum atomic E-state index is 13.7. The first-order valence-electron chi connectivity index (χ1n) is 5.24. The van der Waals surface area contributed by atoms with E-state index in [0.29, 0.717) is 0 Å². The topological polar surface area (TPSA) is 118 Å². The van der Waals surface area contributed by atoms with Crippen molar-refractivity contribution in [3.63, 3.8) is 0 Å². The fourth-order valence-corrected chi connectivity index (χ4v) is 3.42. The van der Waals surface area contributed by atoms with Gasteiger partial charge in [-0.15, -0.1) is 0 Å². The first-order chi connectivity index (χ1) is 9.09. The summed E-state index contributed by atoms with van der Waals surface area (Å²) in [6, 6.07) is 1.97. The maximum absolute atomic E-state index is 13.7. The number of anilines is 1. The monoisotopic (exact) mass is 345 g/mol. The number of sulfonamides is 2. The van der Waals surface area contributed by atoms with Gasteiger partial charge in [-0.05, 0) is 19.2 Å². The second kappa shape index (κ2) is 6.22. The van der Waals surface area contributed by atoms with Crippen LogP contribution in [0.15, 0.2) is 17.0 Å². The summed E-state index contributed by atoms with van der Waals surface area (Å²) >= 11 is 5.50. The van der Waals surface area contributed by atoms with E-state index in [1.807, 2.05) is 9.44 Å². The molecule has 11 heteroatoms. The minimum atomic E-state index is -4.25. The summed E-state index contributed by atoms with van der Waals surface area (Å²) in [4.78, 5) is -0.732. The molecule has 0 atom stereocenters. The number of nitrogens with two attached hydrogens (primary N) is 1. The third-order valence-electron chi connectivity index (χ3n) is 2.28. The third-order valence-corrected chi connectivity index (χ3v) is 5.38. The van der Waals surface area contributed by atoms with Crippen molar-refractivity contribution in [2.45, 2.75) is 4.90 Å². The highest BCUT2D eigenvalue weighted by atomic mass is 35.5. The molecule has 0 bridgehead atoms. The molecule has 0 amide bonds. The Morgan fingerprint density at radius 2 is 1.90 bits per heavy atom. The zero-order valence-corrected chi connectivity index (χ0v) is 12.7. The molecule has 0 radical (unpaired) electrons. The van der Waals surface area contributed by atoms with Gasteiger partial charge in [0.2, 0.25) is 20.0 Å². The van der Waals surface area contributed by atoms with Gasteiger partial charge in [-0.2, -0.15) is 0 Å². The fraction of sp³-hybridized carbons (Fsp3) is 0.333. The van der Waals surface area contributed by atoms with Crippen molar-refractivity contribution in [1.82, 2.24) is 9.44 Å². The minimum absolute atomic E-state index is 0.0281. The van der Waals surface area contributed by atoms with Crippen LogP contribution in [0.5, 0.6) is 0 Å². The van der Waals surface area contributed by atoms with Gasteiger partial charge in [0.1, 0.15) is 4.90 Å². The van der Waals surface area contributed by atoms with Crippen molar-refractivity contribution in [3.8, 4) is 0 Å². The zero-order chi connectivity index (χ0) is 15.6. The summed E-state index contributed by atoms with van der Waals surface area (Å²) in [7, 11) is -6.62. The summed E-state index contributed by atoms with van der Waals surface area (Å²) in [6.45, 7) is -0.419. The lowest BCUT2D eigenvalue weighted by molar-refractivity contribution is 0.558. The van der Waals surface area contributed by atoms with E-state index in [0.717, 1.165) is 12.1 Å². The molecule has 0 aromatic heterocycles. The Morgan fingerprint density at radius 3 is 2.45 bits per heavy atom. The first-order valence-corrected chi connectivity index (χ1v) is 8.76. The summed E-state index contributed by atoms with van der Waals surface area (Å²) < 4.78 is 63.6. The Bertz CT molecular complexity index is 706. The molecule has 1 aromatic rings. The highest BCUT2D eigenvalue weighted by Crippen LogP contribution is 2.25. The van der Waals surface area contributed by atoms with E-state index in [9.17, 15) is 21.2 Å². The molecule has 114 valence electrons. The van der Waals surface area contributed by atoms with Crippen molar-refractivity contribution < 1.29 is 21.2 Å². The van der Waals surface area contributed by atoms with E-state index in [1.165, 1.54) is 7.05 Å². The van der Waals surface area contributed by atoms with Crippen LogP contribution in [0.4, 0.5) is 10.1 Å². The molecule has 0 fully saturated rings. The van der Waals surface area contributed by atoms with Crippen molar-refractivity contribution >= 4 is 37.3 Å². The minimum Gasteiger partial charge on any atom is -0.399 e. The molecule has 0 aliphatic heterocycles. The van der Waals surface area contributed by atoms with E-state index >= 15 is 0 Å². The summed E-state index contributed by atoms with van der Waals surface area (Å²) in [5.41, 5.74) is 5.37. The summed E-state index contributed by atoms with van der Waals surface area (Å²) in [6.07, 6.45) is 0. The average molecular weight is 346 g/mol. The van der Waals surface area contributed by atoms with Crippen LogP contribution < -0.4 is 15.2 Å². The van der Waals surface area contributed by atoms with Crippen LogP contribution in [0.1, 0.15) is 0 Å². The van der Waals surface area contributed by atoms with Gasteiger partial charge in [0.05, 0.1) is 10.8 Å². The lowest BCUT2D eigenvalue weighted by atomic mass is 10.3. The average Bonchev–Trinajstić information content (AvgIpc) is 2.33. The second-order valence-corrected chi connectivity index (χ2v) is 7.92. The third kappa shape index (κ3) is 4.28. The van der Waals surface area contributed by atoms with E-state index in [2.05, 4.69) is 0 Å². The van der Waals surface area contributed by atoms with Crippen molar-refractivity contribution in [2.24, 2.45) is 0 Å². The number of halogens is 2. The van der Waals surface area contributed by atoms with Gasteiger partial charge in [0, 0.05) is 12.2 Å². The van der Waals surface area contributed by atoms with Crippen LogP contribution in [0.3, 0.4) is 0 Å². The first kappa shape index (κ1) is 17.1. The van der Waals surface area contributed by atoms with Crippen LogP contribution >= 0.6 is 11.6 Å². The molecule has 0 spiro atoms. The van der Waals surface area contributed by atoms with Gasteiger partial charge in [-0.25, -0.2) is 30.7 Å². The summed E-state index contributed by atoms with van der Waals surface area (Å²) in [5, 5.41) is -0.437. The predicted molar refractivity (Wildman–Crippen MR) is 73.9 cm³/mol. The van der Waals surface area contributed by atoms with Gasteiger partial charge in [0.15, 0.2) is 5.82 Å². The molecule has 4 N–H and O–H groups in total. The lowest BCUT2D eigenvalue weighted by Gasteiger charge is -2.09. The molecule has 0 saturated heterocycles.